The van der Waals surface area contributed by atoms with Crippen molar-refractivity contribution in [2.45, 2.75) is 84.7 Å². The lowest BCUT2D eigenvalue weighted by Gasteiger charge is -2.22. The van der Waals surface area contributed by atoms with E-state index in [9.17, 15) is 19.2 Å². The number of nitrogens with one attached hydrogen (secondary N) is 4. The number of fused-ring (bicyclic) bond motifs is 1. The van der Waals surface area contributed by atoms with E-state index in [1.54, 1.807) is 24.3 Å². The number of carbonyl (C=O) groups is 4. The molecule has 0 spiro atoms. The monoisotopic (exact) mass is 516 g/mol. The summed E-state index contributed by atoms with van der Waals surface area (Å²) in [6.07, 6.45) is 4.10. The highest BCUT2D eigenvalue weighted by Crippen LogP contribution is 2.19. The highest BCUT2D eigenvalue weighted by molar-refractivity contribution is 5.99. The van der Waals surface area contributed by atoms with Crippen molar-refractivity contribution >= 4 is 23.6 Å². The number of amides is 4. The van der Waals surface area contributed by atoms with Crippen LogP contribution in [0.3, 0.4) is 0 Å². The Bertz CT molecular complexity index is 902. The van der Waals surface area contributed by atoms with Gasteiger partial charge in [0.25, 0.3) is 5.91 Å². The summed E-state index contributed by atoms with van der Waals surface area (Å²) < 4.78 is 5.89. The second kappa shape index (κ2) is 15.9. The molecule has 206 valence electrons. The van der Waals surface area contributed by atoms with E-state index in [-0.39, 0.29) is 42.4 Å². The van der Waals surface area contributed by atoms with E-state index in [1.807, 2.05) is 27.7 Å². The Labute approximate surface area is 220 Å². The molecule has 1 aromatic rings. The lowest BCUT2D eigenvalue weighted by Crippen LogP contribution is -2.49. The van der Waals surface area contributed by atoms with Crippen LogP contribution in [0.25, 0.3) is 0 Å². The van der Waals surface area contributed by atoms with Crippen molar-refractivity contribution in [2.75, 3.05) is 19.7 Å². The predicted molar refractivity (Wildman–Crippen MR) is 143 cm³/mol. The fourth-order valence-electron chi connectivity index (χ4n) is 4.06. The Hall–Kier alpha value is -3.10. The van der Waals surface area contributed by atoms with Crippen molar-refractivity contribution in [3.8, 4) is 5.75 Å². The van der Waals surface area contributed by atoms with Crippen molar-refractivity contribution in [2.24, 2.45) is 11.8 Å². The SMILES string of the molecule is CC(C)CNC(=O)[C@@H]1CCC(=O)N[C@@H](CC(C)C)C(=O)NCCCCCCOc2ccccc2C(=O)N1. The number of carbonyl (C=O) groups excluding carboxylic acids is 4. The molecule has 9 nitrogen and oxygen atoms in total. The van der Waals surface area contributed by atoms with Gasteiger partial charge in [-0.1, -0.05) is 52.7 Å². The fraction of sp³-hybridized carbons (Fsp3) is 0.643. The third kappa shape index (κ3) is 11.2. The second-order valence-corrected chi connectivity index (χ2v) is 10.5. The molecule has 0 saturated heterocycles. The Kier molecular flexibility index (Phi) is 12.9. The van der Waals surface area contributed by atoms with Gasteiger partial charge in [0, 0.05) is 19.5 Å². The van der Waals surface area contributed by atoms with Crippen molar-refractivity contribution in [1.29, 1.82) is 0 Å². The number of ether oxygens (including phenoxy) is 1. The van der Waals surface area contributed by atoms with Gasteiger partial charge in [-0.05, 0) is 49.7 Å². The third-order valence-electron chi connectivity index (χ3n) is 6.08. The fourth-order valence-corrected chi connectivity index (χ4v) is 4.06. The molecule has 1 aliphatic rings. The first-order chi connectivity index (χ1) is 17.7. The molecule has 2 atom stereocenters. The first kappa shape index (κ1) is 30.1. The molecule has 0 fully saturated rings. The minimum Gasteiger partial charge on any atom is -0.493 e. The normalized spacial score (nSPS) is 20.9. The van der Waals surface area contributed by atoms with Gasteiger partial charge >= 0.3 is 0 Å². The maximum Gasteiger partial charge on any atom is 0.255 e. The molecule has 0 radical (unpaired) electrons. The Morgan fingerprint density at radius 1 is 1.00 bits per heavy atom. The van der Waals surface area contributed by atoms with Gasteiger partial charge in [-0.2, -0.15) is 0 Å². The molecule has 1 aliphatic heterocycles. The molecule has 1 heterocycles. The topological polar surface area (TPSA) is 126 Å². The molecule has 37 heavy (non-hydrogen) atoms. The van der Waals surface area contributed by atoms with Gasteiger partial charge < -0.3 is 26.0 Å². The van der Waals surface area contributed by atoms with Crippen LogP contribution in [0.2, 0.25) is 0 Å². The third-order valence-corrected chi connectivity index (χ3v) is 6.08. The molecule has 0 saturated carbocycles. The zero-order valence-electron chi connectivity index (χ0n) is 22.7. The molecule has 0 bridgehead atoms. The molecule has 9 heteroatoms. The second-order valence-electron chi connectivity index (χ2n) is 10.5. The molecule has 0 aromatic heterocycles. The first-order valence-electron chi connectivity index (χ1n) is 13.5. The summed E-state index contributed by atoms with van der Waals surface area (Å²) in [5.74, 6) is -0.411. The molecule has 2 rings (SSSR count). The van der Waals surface area contributed by atoms with Gasteiger partial charge in [-0.25, -0.2) is 0 Å². The minimum absolute atomic E-state index is 0.0138. The number of hydrogen-bond donors (Lipinski definition) is 4. The Morgan fingerprint density at radius 2 is 1.73 bits per heavy atom. The largest absolute Gasteiger partial charge is 0.493 e. The van der Waals surface area contributed by atoms with Crippen LogP contribution in [0.5, 0.6) is 5.75 Å². The van der Waals surface area contributed by atoms with E-state index in [0.717, 1.165) is 25.7 Å². The zero-order valence-corrected chi connectivity index (χ0v) is 22.7. The summed E-state index contributed by atoms with van der Waals surface area (Å²) in [5, 5.41) is 11.4. The zero-order chi connectivity index (χ0) is 27.2. The van der Waals surface area contributed by atoms with E-state index in [4.69, 9.17) is 4.74 Å². The summed E-state index contributed by atoms with van der Waals surface area (Å²) >= 11 is 0. The summed E-state index contributed by atoms with van der Waals surface area (Å²) in [6, 6.07) is 5.40. The van der Waals surface area contributed by atoms with Crippen LogP contribution in [0.4, 0.5) is 0 Å². The standard InChI is InChI=1S/C28H44N4O5/c1-19(2)17-23-28(36)29-15-9-5-6-10-16-37-24-12-8-7-11-21(24)26(34)32-22(13-14-25(33)31-23)27(35)30-18-20(3)4/h7-8,11-12,19-20,22-23H,5-6,9-10,13-18H2,1-4H3,(H,29,36)(H,30,35)(H,31,33)(H,32,34)/t22-,23-/m0/s1. The van der Waals surface area contributed by atoms with Crippen molar-refractivity contribution in [3.63, 3.8) is 0 Å². The van der Waals surface area contributed by atoms with Crippen LogP contribution in [0, 0.1) is 11.8 Å². The van der Waals surface area contributed by atoms with E-state index in [0.29, 0.717) is 37.4 Å². The Balaban J connectivity index is 2.23. The van der Waals surface area contributed by atoms with Gasteiger partial charge in [-0.3, -0.25) is 19.2 Å². The molecular formula is C28H44N4O5. The van der Waals surface area contributed by atoms with Gasteiger partial charge in [0.15, 0.2) is 0 Å². The molecule has 4 amide bonds. The quantitative estimate of drug-likeness (QED) is 0.479. The maximum absolute atomic E-state index is 13.2. The molecule has 1 aromatic carbocycles. The molecule has 0 aliphatic carbocycles. The Morgan fingerprint density at radius 3 is 2.46 bits per heavy atom. The number of hydrogen-bond acceptors (Lipinski definition) is 5. The van der Waals surface area contributed by atoms with Crippen molar-refractivity contribution in [1.82, 2.24) is 21.3 Å². The van der Waals surface area contributed by atoms with E-state index < -0.39 is 18.0 Å². The van der Waals surface area contributed by atoms with Crippen LogP contribution in [-0.4, -0.2) is 55.4 Å². The molecule has 4 N–H and O–H groups in total. The average Bonchev–Trinajstić information content (AvgIpc) is 2.85. The van der Waals surface area contributed by atoms with Crippen molar-refractivity contribution in [3.05, 3.63) is 29.8 Å². The lowest BCUT2D eigenvalue weighted by molar-refractivity contribution is -0.129. The van der Waals surface area contributed by atoms with Crippen LogP contribution < -0.4 is 26.0 Å². The van der Waals surface area contributed by atoms with Crippen LogP contribution >= 0.6 is 0 Å². The number of rotatable bonds is 5. The van der Waals surface area contributed by atoms with E-state index in [2.05, 4.69) is 21.3 Å². The average molecular weight is 517 g/mol. The molecule has 0 unspecified atom stereocenters. The lowest BCUT2D eigenvalue weighted by atomic mass is 10.0. The number of para-hydroxylation sites is 1. The highest BCUT2D eigenvalue weighted by Gasteiger charge is 2.26. The van der Waals surface area contributed by atoms with Crippen molar-refractivity contribution < 1.29 is 23.9 Å². The van der Waals surface area contributed by atoms with Gasteiger partial charge in [-0.15, -0.1) is 0 Å². The smallest absolute Gasteiger partial charge is 0.255 e. The van der Waals surface area contributed by atoms with E-state index >= 15 is 0 Å². The van der Waals surface area contributed by atoms with Crippen LogP contribution in [0.1, 0.15) is 83.0 Å². The van der Waals surface area contributed by atoms with Crippen LogP contribution in [0.15, 0.2) is 24.3 Å². The summed E-state index contributed by atoms with van der Waals surface area (Å²) in [6.45, 7) is 9.41. The summed E-state index contributed by atoms with van der Waals surface area (Å²) in [7, 11) is 0. The van der Waals surface area contributed by atoms with Gasteiger partial charge in [0.05, 0.1) is 12.2 Å². The number of benzene rings is 1. The summed E-state index contributed by atoms with van der Waals surface area (Å²) in [4.78, 5) is 51.7. The first-order valence-corrected chi connectivity index (χ1v) is 13.5. The molecular weight excluding hydrogens is 472 g/mol. The van der Waals surface area contributed by atoms with Crippen LogP contribution in [-0.2, 0) is 14.4 Å². The van der Waals surface area contributed by atoms with Gasteiger partial charge in [0.2, 0.25) is 17.7 Å². The summed E-state index contributed by atoms with van der Waals surface area (Å²) in [5.41, 5.74) is 0.346. The van der Waals surface area contributed by atoms with Gasteiger partial charge in [0.1, 0.15) is 17.8 Å². The predicted octanol–water partition coefficient (Wildman–Crippen LogP) is 2.94. The highest BCUT2D eigenvalue weighted by atomic mass is 16.5. The maximum atomic E-state index is 13.2. The van der Waals surface area contributed by atoms with E-state index in [1.165, 1.54) is 0 Å². The minimum atomic E-state index is -0.912.